The minimum absolute atomic E-state index is 0.0740. The molecule has 0 aliphatic heterocycles. The first-order chi connectivity index (χ1) is 26.9. The Bertz CT molecular complexity index is 2340. The summed E-state index contributed by atoms with van der Waals surface area (Å²) in [6.45, 7) is 6.91. The number of rotatable bonds is 13. The number of hydrogen-bond donors (Lipinski definition) is 0. The fraction of sp³-hybridized carbons (Fsp3) is 0.349. The van der Waals surface area contributed by atoms with Gasteiger partial charge in [0.05, 0.1) is 0 Å². The van der Waals surface area contributed by atoms with Crippen molar-refractivity contribution in [3.05, 3.63) is 119 Å². The number of unbranched alkanes of at least 4 members (excludes halogenated alkanes) is 3. The van der Waals surface area contributed by atoms with E-state index in [9.17, 15) is 30.4 Å². The van der Waals surface area contributed by atoms with Crippen LogP contribution in [-0.2, 0) is 24.2 Å². The van der Waals surface area contributed by atoms with Crippen LogP contribution in [0.25, 0.3) is 32.9 Å². The molecule has 2 heterocycles. The van der Waals surface area contributed by atoms with E-state index in [0.29, 0.717) is 5.02 Å². The molecule has 0 radical (unpaired) electrons. The Morgan fingerprint density at radius 3 is 1.67 bits per heavy atom. The molecule has 4 aromatic carbocycles. The molecule has 0 atom stereocenters. The molecule has 0 saturated heterocycles. The van der Waals surface area contributed by atoms with Crippen LogP contribution in [0.4, 0.5) is 22.0 Å². The van der Waals surface area contributed by atoms with Gasteiger partial charge in [-0.1, -0.05) is 41.4 Å². The summed E-state index contributed by atoms with van der Waals surface area (Å²) in [4.78, 5) is 0. The smallest absolute Gasteiger partial charge is 0.376 e. The molecule has 6 rings (SSSR count). The molecule has 0 N–H and O–H groups in total. The van der Waals surface area contributed by atoms with Crippen molar-refractivity contribution in [3.8, 4) is 16.9 Å². The Hall–Kier alpha value is -3.26. The van der Waals surface area contributed by atoms with Gasteiger partial charge in [-0.05, 0) is 48.0 Å². The second kappa shape index (κ2) is 20.6. The van der Waals surface area contributed by atoms with E-state index >= 15 is 0 Å². The van der Waals surface area contributed by atoms with Gasteiger partial charge in [0.2, 0.25) is 0 Å². The van der Waals surface area contributed by atoms with E-state index in [4.69, 9.17) is 23.2 Å². The first-order valence-electron chi connectivity index (χ1n) is 19.0. The molecule has 0 bridgehead atoms. The first-order valence-corrected chi connectivity index (χ1v) is 28.6. The van der Waals surface area contributed by atoms with E-state index in [1.54, 1.807) is 27.8 Å². The normalized spacial score (nSPS) is 11.9. The molecule has 0 amide bonds. The van der Waals surface area contributed by atoms with Crippen LogP contribution in [0.1, 0.15) is 59.3 Å². The molecule has 0 aliphatic carbocycles. The Morgan fingerprint density at radius 1 is 0.667 bits per heavy atom. The van der Waals surface area contributed by atoms with Crippen LogP contribution in [0.3, 0.4) is 0 Å². The second-order valence-corrected chi connectivity index (χ2v) is 29.7. The molecule has 57 heavy (non-hydrogen) atoms. The minimum atomic E-state index is -5.63. The molecule has 0 saturated carbocycles. The third-order valence-electron chi connectivity index (χ3n) is 9.92. The van der Waals surface area contributed by atoms with Gasteiger partial charge in [0, 0.05) is 45.8 Å². The molecule has 6 aromatic rings. The van der Waals surface area contributed by atoms with Crippen molar-refractivity contribution in [2.24, 2.45) is 14.1 Å². The van der Waals surface area contributed by atoms with Crippen LogP contribution in [0, 0.1) is 11.6 Å². The summed E-state index contributed by atoms with van der Waals surface area (Å²) >= 11 is 8.93. The van der Waals surface area contributed by atoms with Crippen molar-refractivity contribution in [2.75, 3.05) is 0 Å². The van der Waals surface area contributed by atoms with E-state index in [-0.39, 0.29) is 16.7 Å². The van der Waals surface area contributed by atoms with Gasteiger partial charge in [-0.15, -0.1) is 0 Å². The maximum atomic E-state index is 14.0. The zero-order valence-corrected chi connectivity index (χ0v) is 38.0. The van der Waals surface area contributed by atoms with Crippen molar-refractivity contribution in [3.63, 3.8) is 0 Å². The Kier molecular flexibility index (Phi) is 16.8. The van der Waals surface area contributed by atoms with Gasteiger partial charge < -0.3 is 8.75 Å². The molecular weight excluding hydrogens is 909 g/mol. The van der Waals surface area contributed by atoms with E-state index in [1.165, 1.54) is 80.9 Å². The molecule has 0 aliphatic rings. The third kappa shape index (κ3) is 12.1. The van der Waals surface area contributed by atoms with Gasteiger partial charge >= 0.3 is 167 Å². The minimum Gasteiger partial charge on any atom is -0.376 e. The number of alkyl halides is 3. The Labute approximate surface area is 346 Å². The van der Waals surface area contributed by atoms with Crippen molar-refractivity contribution in [2.45, 2.75) is 78.1 Å². The van der Waals surface area contributed by atoms with Crippen LogP contribution < -0.4 is 7.76 Å². The molecule has 0 spiro atoms. The number of hydrogen-bond acceptors (Lipinski definition) is 3. The zero-order valence-electron chi connectivity index (χ0n) is 32.8. The van der Waals surface area contributed by atoms with Crippen LogP contribution >= 0.6 is 23.2 Å². The van der Waals surface area contributed by atoms with E-state index < -0.39 is 39.8 Å². The molecule has 5 nitrogen and oxygen atoms in total. The average Bonchev–Trinajstić information content (AvgIpc) is 3.66. The monoisotopic (exact) mass is 958 g/mol. The quantitative estimate of drug-likeness (QED) is 0.0502. The van der Waals surface area contributed by atoms with Crippen LogP contribution in [0.15, 0.2) is 97.3 Å². The van der Waals surface area contributed by atoms with E-state index in [2.05, 4.69) is 42.8 Å². The SMILES string of the molecule is CCC[CH2][Sn]([CH2]CCC)([CH2]CCC)[c]1cn(C)c2ccc(F)cc12.Cn1cc(-c2cccc(Cl)c2)c2cc(F)ccc21.O=S(=O)(Oc1cccc(Cl)c1)C(F)(F)F. The summed E-state index contributed by atoms with van der Waals surface area (Å²) in [5.74, 6) is -0.798. The third-order valence-corrected chi connectivity index (χ3v) is 27.0. The predicted molar refractivity (Wildman–Crippen MR) is 228 cm³/mol. The maximum Gasteiger partial charge on any atom is 0.534 e. The van der Waals surface area contributed by atoms with Crippen LogP contribution in [0.2, 0.25) is 23.4 Å². The summed E-state index contributed by atoms with van der Waals surface area (Å²) < 4.78 is 98.0. The average molecular weight is 959 g/mol. The van der Waals surface area contributed by atoms with Gasteiger partial charge in [-0.3, -0.25) is 0 Å². The number of nitrogens with zero attached hydrogens (tertiary/aromatic N) is 2. The molecule has 0 fully saturated rings. The van der Waals surface area contributed by atoms with E-state index in [1.807, 2.05) is 48.1 Å². The van der Waals surface area contributed by atoms with Gasteiger partial charge in [-0.25, -0.2) is 4.39 Å². The Balaban J connectivity index is 0.000000195. The number of benzene rings is 4. The first kappa shape index (κ1) is 46.4. The molecular formula is C43H49Cl2F5N2O3SSn. The van der Waals surface area contributed by atoms with Gasteiger partial charge in [-0.2, -0.15) is 21.6 Å². The number of aromatic nitrogens is 2. The summed E-state index contributed by atoms with van der Waals surface area (Å²) in [5.41, 5.74) is -1.24. The molecule has 2 aromatic heterocycles. The van der Waals surface area contributed by atoms with Gasteiger partial charge in [0.25, 0.3) is 0 Å². The predicted octanol–water partition coefficient (Wildman–Crippen LogP) is 13.6. The van der Waals surface area contributed by atoms with Crippen molar-refractivity contribution in [1.29, 1.82) is 0 Å². The Morgan fingerprint density at radius 2 is 1.16 bits per heavy atom. The largest absolute Gasteiger partial charge is 0.534 e. The summed E-state index contributed by atoms with van der Waals surface area (Å²) in [6, 6.07) is 22.4. The summed E-state index contributed by atoms with van der Waals surface area (Å²) in [6.07, 6.45) is 12.2. The number of halogens is 7. The summed E-state index contributed by atoms with van der Waals surface area (Å²) in [7, 11) is -1.55. The van der Waals surface area contributed by atoms with Gasteiger partial charge in [0.15, 0.2) is 0 Å². The standard InChI is InChI=1S/C15H11ClFN.C9H7FN.C7H4ClF3O3S.3C4H9.Sn/c1-18-9-14(10-3-2-4-11(16)7-10)13-8-12(17)5-6-15(13)18;1-11-5-4-7-6-8(10)2-3-9(7)11;8-5-2-1-3-6(4-5)14-15(12,13)7(9,10)11;3*1-3-4-2;/h2-9H,1H3;2-3,5-6H,1H3;1-4H;3*1,3-4H2,2H3;. The maximum absolute atomic E-state index is 14.0. The number of aryl methyl sites for hydroxylation is 2. The van der Waals surface area contributed by atoms with E-state index in [0.717, 1.165) is 34.2 Å². The molecule has 0 unspecified atom stereocenters. The second-order valence-electron chi connectivity index (χ2n) is 14.2. The fourth-order valence-corrected chi connectivity index (χ4v) is 24.7. The fourth-order valence-electron chi connectivity index (χ4n) is 7.05. The van der Waals surface area contributed by atoms with Crippen molar-refractivity contribution < 1.29 is 34.6 Å². The molecule has 14 heteroatoms. The van der Waals surface area contributed by atoms with Crippen molar-refractivity contribution >= 4 is 77.1 Å². The van der Waals surface area contributed by atoms with Crippen LogP contribution in [0.5, 0.6) is 5.75 Å². The number of fused-ring (bicyclic) bond motifs is 2. The van der Waals surface area contributed by atoms with Crippen molar-refractivity contribution in [1.82, 2.24) is 9.13 Å². The molecule has 308 valence electrons. The van der Waals surface area contributed by atoms with Crippen LogP contribution in [-0.4, -0.2) is 41.4 Å². The summed E-state index contributed by atoms with van der Waals surface area (Å²) in [5, 5.41) is 2.88. The van der Waals surface area contributed by atoms with Gasteiger partial charge in [0.1, 0.15) is 11.6 Å². The topological polar surface area (TPSA) is 53.2 Å². The zero-order chi connectivity index (χ0) is 42.0.